The number of hydrogen-bond donors (Lipinski definition) is 2. The molecule has 3 aromatic rings. The van der Waals surface area contributed by atoms with Crippen LogP contribution >= 0.6 is 0 Å². The first-order chi connectivity index (χ1) is 13.5. The Hall–Kier alpha value is -3.48. The van der Waals surface area contributed by atoms with Crippen LogP contribution in [0.25, 0.3) is 0 Å². The van der Waals surface area contributed by atoms with Gasteiger partial charge < -0.3 is 24.8 Å². The van der Waals surface area contributed by atoms with E-state index < -0.39 is 0 Å². The van der Waals surface area contributed by atoms with Gasteiger partial charge >= 0.3 is 0 Å². The maximum atomic E-state index is 5.39. The van der Waals surface area contributed by atoms with Crippen LogP contribution in [0.15, 0.2) is 42.6 Å². The Bertz CT molecular complexity index is 951. The number of rotatable bonds is 7. The molecular formula is C21H24N4O3. The number of nitrogens with zero attached hydrogens (tertiary/aromatic N) is 2. The molecular weight excluding hydrogens is 356 g/mol. The molecule has 0 saturated heterocycles. The lowest BCUT2D eigenvalue weighted by molar-refractivity contribution is 0.324. The third-order valence-electron chi connectivity index (χ3n) is 4.44. The summed E-state index contributed by atoms with van der Waals surface area (Å²) >= 11 is 0. The zero-order valence-corrected chi connectivity index (χ0v) is 16.7. The third kappa shape index (κ3) is 4.09. The van der Waals surface area contributed by atoms with Crippen molar-refractivity contribution in [2.45, 2.75) is 13.8 Å². The van der Waals surface area contributed by atoms with Crippen molar-refractivity contribution in [2.75, 3.05) is 32.0 Å². The van der Waals surface area contributed by atoms with Gasteiger partial charge in [-0.25, -0.2) is 4.98 Å². The van der Waals surface area contributed by atoms with Crippen LogP contribution in [0.4, 0.5) is 23.1 Å². The molecule has 0 fully saturated rings. The predicted molar refractivity (Wildman–Crippen MR) is 111 cm³/mol. The monoisotopic (exact) mass is 380 g/mol. The molecule has 0 spiro atoms. The van der Waals surface area contributed by atoms with Gasteiger partial charge in [0, 0.05) is 29.7 Å². The number of aryl methyl sites for hydroxylation is 1. The number of methoxy groups -OCH3 is 3. The Labute approximate surface area is 164 Å². The second-order valence-corrected chi connectivity index (χ2v) is 6.18. The molecule has 0 atom stereocenters. The Balaban J connectivity index is 1.86. The lowest BCUT2D eigenvalue weighted by atomic mass is 10.1. The van der Waals surface area contributed by atoms with Crippen LogP contribution in [-0.4, -0.2) is 31.3 Å². The Morgan fingerprint density at radius 1 is 0.857 bits per heavy atom. The molecule has 1 aromatic heterocycles. The van der Waals surface area contributed by atoms with Crippen molar-refractivity contribution in [3.63, 3.8) is 0 Å². The van der Waals surface area contributed by atoms with E-state index in [1.54, 1.807) is 39.7 Å². The zero-order chi connectivity index (χ0) is 20.1. The zero-order valence-electron chi connectivity index (χ0n) is 16.7. The summed E-state index contributed by atoms with van der Waals surface area (Å²) in [5, 5.41) is 6.52. The summed E-state index contributed by atoms with van der Waals surface area (Å²) in [5.41, 5.74) is 4.13. The molecule has 0 radical (unpaired) electrons. The fourth-order valence-electron chi connectivity index (χ4n) is 2.80. The molecule has 0 bridgehead atoms. The van der Waals surface area contributed by atoms with Crippen LogP contribution in [0.1, 0.15) is 11.1 Å². The average molecular weight is 380 g/mol. The minimum absolute atomic E-state index is 0.449. The summed E-state index contributed by atoms with van der Waals surface area (Å²) in [6.07, 6.45) is 1.70. The Kier molecular flexibility index (Phi) is 5.84. The van der Waals surface area contributed by atoms with E-state index in [4.69, 9.17) is 14.2 Å². The summed E-state index contributed by atoms with van der Waals surface area (Å²) in [7, 11) is 4.72. The summed E-state index contributed by atoms with van der Waals surface area (Å²) < 4.78 is 16.1. The third-order valence-corrected chi connectivity index (χ3v) is 4.44. The number of benzene rings is 2. The quantitative estimate of drug-likeness (QED) is 0.620. The van der Waals surface area contributed by atoms with E-state index >= 15 is 0 Å². The van der Waals surface area contributed by atoms with E-state index in [0.29, 0.717) is 29.0 Å². The maximum Gasteiger partial charge on any atom is 0.229 e. The Morgan fingerprint density at radius 2 is 1.57 bits per heavy atom. The maximum absolute atomic E-state index is 5.39. The number of ether oxygens (including phenoxy) is 3. The van der Waals surface area contributed by atoms with Gasteiger partial charge in [0.05, 0.1) is 21.3 Å². The Morgan fingerprint density at radius 3 is 2.21 bits per heavy atom. The smallest absolute Gasteiger partial charge is 0.229 e. The second kappa shape index (κ2) is 8.47. The molecule has 7 heteroatoms. The van der Waals surface area contributed by atoms with Gasteiger partial charge in [-0.2, -0.15) is 4.98 Å². The first kappa shape index (κ1) is 19.3. The molecule has 0 aliphatic carbocycles. The van der Waals surface area contributed by atoms with Gasteiger partial charge in [-0.1, -0.05) is 12.1 Å². The molecule has 0 saturated carbocycles. The normalized spacial score (nSPS) is 10.3. The highest BCUT2D eigenvalue weighted by molar-refractivity contribution is 5.67. The van der Waals surface area contributed by atoms with E-state index in [1.165, 1.54) is 11.1 Å². The van der Waals surface area contributed by atoms with E-state index in [2.05, 4.69) is 40.5 Å². The second-order valence-electron chi connectivity index (χ2n) is 6.18. The van der Waals surface area contributed by atoms with E-state index in [1.807, 2.05) is 18.2 Å². The molecule has 28 heavy (non-hydrogen) atoms. The van der Waals surface area contributed by atoms with Crippen molar-refractivity contribution in [3.05, 3.63) is 53.7 Å². The van der Waals surface area contributed by atoms with Gasteiger partial charge in [0.1, 0.15) is 5.82 Å². The highest BCUT2D eigenvalue weighted by atomic mass is 16.5. The summed E-state index contributed by atoms with van der Waals surface area (Å²) in [4.78, 5) is 8.84. The van der Waals surface area contributed by atoms with Crippen LogP contribution in [0, 0.1) is 13.8 Å². The van der Waals surface area contributed by atoms with Gasteiger partial charge in [0.25, 0.3) is 0 Å². The van der Waals surface area contributed by atoms with Crippen LogP contribution in [0.2, 0.25) is 0 Å². The fraction of sp³-hybridized carbons (Fsp3) is 0.238. The van der Waals surface area contributed by atoms with Crippen molar-refractivity contribution < 1.29 is 14.2 Å². The van der Waals surface area contributed by atoms with Crippen LogP contribution < -0.4 is 24.8 Å². The fourth-order valence-corrected chi connectivity index (χ4v) is 2.80. The lowest BCUT2D eigenvalue weighted by Crippen LogP contribution is -2.02. The molecule has 1 heterocycles. The van der Waals surface area contributed by atoms with Crippen LogP contribution in [-0.2, 0) is 0 Å². The summed E-state index contributed by atoms with van der Waals surface area (Å²) in [6.45, 7) is 4.16. The summed E-state index contributed by atoms with van der Waals surface area (Å²) in [6, 6.07) is 11.5. The van der Waals surface area contributed by atoms with E-state index in [9.17, 15) is 0 Å². The molecule has 0 unspecified atom stereocenters. The molecule has 3 rings (SSSR count). The van der Waals surface area contributed by atoms with Crippen molar-refractivity contribution >= 4 is 23.1 Å². The van der Waals surface area contributed by atoms with Crippen molar-refractivity contribution in [1.29, 1.82) is 0 Å². The van der Waals surface area contributed by atoms with Crippen molar-refractivity contribution in [1.82, 2.24) is 9.97 Å². The standard InChI is InChI=1S/C21H24N4O3/c1-13-7-6-8-16(14(13)2)24-19-9-10-22-21(25-19)23-15-11-17(26-3)20(28-5)18(12-15)27-4/h6-12H,1-5H3,(H2,22,23,24,25). The highest BCUT2D eigenvalue weighted by Gasteiger charge is 2.14. The van der Waals surface area contributed by atoms with Crippen LogP contribution in [0.5, 0.6) is 17.2 Å². The molecule has 7 nitrogen and oxygen atoms in total. The number of nitrogens with one attached hydrogen (secondary N) is 2. The average Bonchev–Trinajstić information content (AvgIpc) is 2.71. The van der Waals surface area contributed by atoms with Crippen LogP contribution in [0.3, 0.4) is 0 Å². The van der Waals surface area contributed by atoms with Gasteiger partial charge in [0.15, 0.2) is 11.5 Å². The molecule has 2 aromatic carbocycles. The minimum atomic E-state index is 0.449. The lowest BCUT2D eigenvalue weighted by Gasteiger charge is -2.15. The number of anilines is 4. The molecule has 146 valence electrons. The predicted octanol–water partition coefficient (Wildman–Crippen LogP) is 4.61. The van der Waals surface area contributed by atoms with Crippen molar-refractivity contribution in [3.8, 4) is 17.2 Å². The topological polar surface area (TPSA) is 77.5 Å². The molecule has 2 N–H and O–H groups in total. The number of aromatic nitrogens is 2. The van der Waals surface area contributed by atoms with E-state index in [0.717, 1.165) is 11.4 Å². The number of hydrogen-bond acceptors (Lipinski definition) is 7. The van der Waals surface area contributed by atoms with Crippen molar-refractivity contribution in [2.24, 2.45) is 0 Å². The molecule has 0 aliphatic rings. The molecule has 0 amide bonds. The minimum Gasteiger partial charge on any atom is -0.493 e. The van der Waals surface area contributed by atoms with Gasteiger partial charge in [-0.3, -0.25) is 0 Å². The summed E-state index contributed by atoms with van der Waals surface area (Å²) in [5.74, 6) is 2.77. The van der Waals surface area contributed by atoms with Gasteiger partial charge in [0.2, 0.25) is 11.7 Å². The van der Waals surface area contributed by atoms with Gasteiger partial charge in [-0.05, 0) is 37.1 Å². The van der Waals surface area contributed by atoms with Gasteiger partial charge in [-0.15, -0.1) is 0 Å². The SMILES string of the molecule is COc1cc(Nc2nccc(Nc3cccc(C)c3C)n2)cc(OC)c1OC. The first-order valence-corrected chi connectivity index (χ1v) is 8.79. The molecule has 0 aliphatic heterocycles. The first-order valence-electron chi connectivity index (χ1n) is 8.79. The van der Waals surface area contributed by atoms with E-state index in [-0.39, 0.29) is 0 Å². The highest BCUT2D eigenvalue weighted by Crippen LogP contribution is 2.40. The largest absolute Gasteiger partial charge is 0.493 e.